The van der Waals surface area contributed by atoms with E-state index in [-0.39, 0.29) is 11.8 Å². The summed E-state index contributed by atoms with van der Waals surface area (Å²) < 4.78 is 0. The van der Waals surface area contributed by atoms with Crippen molar-refractivity contribution in [1.82, 2.24) is 5.32 Å². The predicted octanol–water partition coefficient (Wildman–Crippen LogP) is -0.614. The maximum absolute atomic E-state index is 11.0. The fourth-order valence-electron chi connectivity index (χ4n) is 1.15. The molecule has 4 heteroatoms. The molecule has 0 radical (unpaired) electrons. The van der Waals surface area contributed by atoms with Crippen LogP contribution in [0.4, 0.5) is 0 Å². The molecule has 62 valence electrons. The van der Waals surface area contributed by atoms with Crippen LogP contribution in [0.2, 0.25) is 0 Å². The summed E-state index contributed by atoms with van der Waals surface area (Å²) >= 11 is 0. The normalized spacial score (nSPS) is 31.2. The van der Waals surface area contributed by atoms with E-state index in [2.05, 4.69) is 5.32 Å². The van der Waals surface area contributed by atoms with Gasteiger partial charge in [-0.2, -0.15) is 0 Å². The lowest BCUT2D eigenvalue weighted by Gasteiger charge is -2.24. The van der Waals surface area contributed by atoms with Crippen LogP contribution >= 0.6 is 0 Å². The minimum atomic E-state index is -0.446. The Morgan fingerprint density at radius 1 is 1.64 bits per heavy atom. The van der Waals surface area contributed by atoms with Gasteiger partial charge in [0.05, 0.1) is 0 Å². The number of amides is 2. The largest absolute Gasteiger partial charge is 0.368 e. The number of piperidine rings is 1. The Kier molecular flexibility index (Phi) is 2.12. The summed E-state index contributed by atoms with van der Waals surface area (Å²) in [5.41, 5.74) is 5.02. The minimum Gasteiger partial charge on any atom is -0.368 e. The standard InChI is InChI=1S/C7H12N2O2/c1-4-2-3-5(6(8)10)9-7(4)11/h4-5H,2-3H2,1H3,(H2,8,10)(H,9,11)/t4-,5-/m1/s1. The van der Waals surface area contributed by atoms with Crippen LogP contribution in [0.25, 0.3) is 0 Å². The van der Waals surface area contributed by atoms with Crippen LogP contribution in [-0.2, 0) is 9.59 Å². The van der Waals surface area contributed by atoms with Crippen LogP contribution in [0.5, 0.6) is 0 Å². The molecule has 0 spiro atoms. The third-order valence-electron chi connectivity index (χ3n) is 2.00. The highest BCUT2D eigenvalue weighted by Crippen LogP contribution is 2.13. The molecule has 1 aliphatic rings. The first kappa shape index (κ1) is 8.04. The Morgan fingerprint density at radius 3 is 2.73 bits per heavy atom. The summed E-state index contributed by atoms with van der Waals surface area (Å²) in [7, 11) is 0. The van der Waals surface area contributed by atoms with Crippen molar-refractivity contribution >= 4 is 11.8 Å². The molecule has 1 rings (SSSR count). The van der Waals surface area contributed by atoms with Crippen molar-refractivity contribution < 1.29 is 9.59 Å². The zero-order valence-electron chi connectivity index (χ0n) is 6.46. The summed E-state index contributed by atoms with van der Waals surface area (Å²) in [5, 5.41) is 2.55. The third kappa shape index (κ3) is 1.69. The van der Waals surface area contributed by atoms with Gasteiger partial charge in [0.25, 0.3) is 0 Å². The molecule has 3 N–H and O–H groups in total. The number of primary amides is 1. The van der Waals surface area contributed by atoms with Crippen molar-refractivity contribution in [2.24, 2.45) is 11.7 Å². The molecule has 0 bridgehead atoms. The van der Waals surface area contributed by atoms with E-state index < -0.39 is 11.9 Å². The Balaban J connectivity index is 2.53. The topological polar surface area (TPSA) is 72.2 Å². The van der Waals surface area contributed by atoms with Crippen LogP contribution in [0, 0.1) is 5.92 Å². The van der Waals surface area contributed by atoms with Crippen LogP contribution in [0.3, 0.4) is 0 Å². The second-order valence-electron chi connectivity index (χ2n) is 2.94. The molecule has 1 saturated heterocycles. The van der Waals surface area contributed by atoms with Gasteiger partial charge in [0.15, 0.2) is 0 Å². The average molecular weight is 156 g/mol. The molecule has 0 unspecified atom stereocenters. The number of nitrogens with two attached hydrogens (primary N) is 1. The molecule has 0 saturated carbocycles. The van der Waals surface area contributed by atoms with E-state index in [9.17, 15) is 9.59 Å². The van der Waals surface area contributed by atoms with Gasteiger partial charge in [-0.25, -0.2) is 0 Å². The number of rotatable bonds is 1. The van der Waals surface area contributed by atoms with Crippen molar-refractivity contribution in [1.29, 1.82) is 0 Å². The SMILES string of the molecule is C[C@@H]1CC[C@H](C(N)=O)NC1=O. The molecule has 2 atom stereocenters. The van der Waals surface area contributed by atoms with Crippen molar-refractivity contribution in [2.75, 3.05) is 0 Å². The van der Waals surface area contributed by atoms with Crippen LogP contribution in [0.15, 0.2) is 0 Å². The first-order valence-electron chi connectivity index (χ1n) is 3.71. The van der Waals surface area contributed by atoms with Gasteiger partial charge in [-0.3, -0.25) is 9.59 Å². The highest BCUT2D eigenvalue weighted by atomic mass is 16.2. The highest BCUT2D eigenvalue weighted by molar-refractivity contribution is 5.88. The van der Waals surface area contributed by atoms with E-state index >= 15 is 0 Å². The van der Waals surface area contributed by atoms with Crippen molar-refractivity contribution in [3.8, 4) is 0 Å². The van der Waals surface area contributed by atoms with Crippen LogP contribution in [0.1, 0.15) is 19.8 Å². The molecule has 1 fully saturated rings. The second-order valence-corrected chi connectivity index (χ2v) is 2.94. The van der Waals surface area contributed by atoms with E-state index in [1.165, 1.54) is 0 Å². The third-order valence-corrected chi connectivity index (χ3v) is 2.00. The van der Waals surface area contributed by atoms with Gasteiger partial charge >= 0.3 is 0 Å². The molecule has 0 aliphatic carbocycles. The van der Waals surface area contributed by atoms with E-state index in [1.54, 1.807) is 0 Å². The lowest BCUT2D eigenvalue weighted by atomic mass is 9.95. The number of hydrogen-bond acceptors (Lipinski definition) is 2. The van der Waals surface area contributed by atoms with E-state index in [4.69, 9.17) is 5.73 Å². The first-order chi connectivity index (χ1) is 5.11. The maximum Gasteiger partial charge on any atom is 0.240 e. The van der Waals surface area contributed by atoms with Gasteiger partial charge in [-0.15, -0.1) is 0 Å². The van der Waals surface area contributed by atoms with Gasteiger partial charge < -0.3 is 11.1 Å². The molecule has 2 amide bonds. The Hall–Kier alpha value is -1.06. The molecule has 0 aromatic rings. The zero-order chi connectivity index (χ0) is 8.43. The quantitative estimate of drug-likeness (QED) is 0.531. The summed E-state index contributed by atoms with van der Waals surface area (Å²) in [6, 6.07) is -0.446. The number of carbonyl (C=O) groups is 2. The van der Waals surface area contributed by atoms with Gasteiger partial charge in [0.1, 0.15) is 6.04 Å². The molecule has 0 aromatic carbocycles. The van der Waals surface area contributed by atoms with Gasteiger partial charge in [-0.1, -0.05) is 6.92 Å². The summed E-state index contributed by atoms with van der Waals surface area (Å²) in [6.07, 6.45) is 1.42. The Labute approximate surface area is 65.1 Å². The number of hydrogen-bond donors (Lipinski definition) is 2. The molecule has 1 aliphatic heterocycles. The minimum absolute atomic E-state index is 0.0191. The molecule has 11 heavy (non-hydrogen) atoms. The average Bonchev–Trinajstić information content (AvgIpc) is 1.94. The van der Waals surface area contributed by atoms with Crippen molar-refractivity contribution in [3.05, 3.63) is 0 Å². The summed E-state index contributed by atoms with van der Waals surface area (Å²) in [6.45, 7) is 1.84. The fourth-order valence-corrected chi connectivity index (χ4v) is 1.15. The second kappa shape index (κ2) is 2.90. The van der Waals surface area contributed by atoms with Crippen molar-refractivity contribution in [2.45, 2.75) is 25.8 Å². The monoisotopic (exact) mass is 156 g/mol. The van der Waals surface area contributed by atoms with E-state index in [0.717, 1.165) is 6.42 Å². The highest BCUT2D eigenvalue weighted by Gasteiger charge is 2.27. The summed E-state index contributed by atoms with van der Waals surface area (Å²) in [5.74, 6) is -0.490. The predicted molar refractivity (Wildman–Crippen MR) is 39.5 cm³/mol. The van der Waals surface area contributed by atoms with Gasteiger partial charge in [-0.05, 0) is 12.8 Å². The Bertz CT molecular complexity index is 191. The molecular formula is C7H12N2O2. The lowest BCUT2D eigenvalue weighted by Crippen LogP contribution is -2.49. The van der Waals surface area contributed by atoms with Gasteiger partial charge in [0, 0.05) is 5.92 Å². The number of carbonyl (C=O) groups excluding carboxylic acids is 2. The van der Waals surface area contributed by atoms with Crippen molar-refractivity contribution in [3.63, 3.8) is 0 Å². The molecule has 1 heterocycles. The molecule has 4 nitrogen and oxygen atoms in total. The molecular weight excluding hydrogens is 144 g/mol. The fraction of sp³-hybridized carbons (Fsp3) is 0.714. The first-order valence-corrected chi connectivity index (χ1v) is 3.71. The lowest BCUT2D eigenvalue weighted by molar-refractivity contribution is -0.132. The summed E-state index contributed by atoms with van der Waals surface area (Å²) in [4.78, 5) is 21.6. The van der Waals surface area contributed by atoms with E-state index in [1.807, 2.05) is 6.92 Å². The van der Waals surface area contributed by atoms with Crippen LogP contribution < -0.4 is 11.1 Å². The smallest absolute Gasteiger partial charge is 0.240 e. The van der Waals surface area contributed by atoms with Crippen LogP contribution in [-0.4, -0.2) is 17.9 Å². The maximum atomic E-state index is 11.0. The number of nitrogens with one attached hydrogen (secondary N) is 1. The zero-order valence-corrected chi connectivity index (χ0v) is 6.46. The van der Waals surface area contributed by atoms with Gasteiger partial charge in [0.2, 0.25) is 11.8 Å². The molecule has 0 aromatic heterocycles. The van der Waals surface area contributed by atoms with E-state index in [0.29, 0.717) is 6.42 Å². The Morgan fingerprint density at radius 2 is 2.27 bits per heavy atom.